The lowest BCUT2D eigenvalue weighted by Crippen LogP contribution is -2.05. The van der Waals surface area contributed by atoms with E-state index in [1.54, 1.807) is 13.0 Å². The standard InChI is InChI=1S/C9H10FNO2/c1-6-3-7(4-8(10)11-6)5-9(12)13-2/h3-4H,5H2,1-2H3. The smallest absolute Gasteiger partial charge is 0.309 e. The second kappa shape index (κ2) is 3.98. The Labute approximate surface area is 75.6 Å². The zero-order chi connectivity index (χ0) is 9.84. The maximum atomic E-state index is 12.7. The van der Waals surface area contributed by atoms with Gasteiger partial charge in [0.25, 0.3) is 0 Å². The minimum Gasteiger partial charge on any atom is -0.469 e. The van der Waals surface area contributed by atoms with Crippen LogP contribution < -0.4 is 0 Å². The number of methoxy groups -OCH3 is 1. The highest BCUT2D eigenvalue weighted by molar-refractivity contribution is 5.72. The molecule has 1 heterocycles. The summed E-state index contributed by atoms with van der Waals surface area (Å²) in [5.74, 6) is -0.955. The molecule has 0 radical (unpaired) electrons. The third-order valence-corrected chi connectivity index (χ3v) is 1.56. The molecule has 0 fully saturated rings. The van der Waals surface area contributed by atoms with E-state index in [1.165, 1.54) is 13.2 Å². The second-order valence-electron chi connectivity index (χ2n) is 2.69. The Bertz CT molecular complexity index is 305. The largest absolute Gasteiger partial charge is 0.469 e. The number of ether oxygens (including phenoxy) is 1. The van der Waals surface area contributed by atoms with Gasteiger partial charge in [-0.2, -0.15) is 4.39 Å². The summed E-state index contributed by atoms with van der Waals surface area (Å²) >= 11 is 0. The second-order valence-corrected chi connectivity index (χ2v) is 2.69. The van der Waals surface area contributed by atoms with Gasteiger partial charge in [0.1, 0.15) is 0 Å². The third kappa shape index (κ3) is 2.82. The topological polar surface area (TPSA) is 39.2 Å². The van der Waals surface area contributed by atoms with E-state index in [-0.39, 0.29) is 12.4 Å². The van der Waals surface area contributed by atoms with Crippen LogP contribution in [-0.4, -0.2) is 18.1 Å². The van der Waals surface area contributed by atoms with Gasteiger partial charge >= 0.3 is 5.97 Å². The summed E-state index contributed by atoms with van der Waals surface area (Å²) in [6, 6.07) is 2.88. The number of nitrogens with zero attached hydrogens (tertiary/aromatic N) is 1. The van der Waals surface area contributed by atoms with Crippen molar-refractivity contribution in [3.8, 4) is 0 Å². The number of hydrogen-bond acceptors (Lipinski definition) is 3. The minimum atomic E-state index is -0.570. The molecule has 0 bridgehead atoms. The maximum absolute atomic E-state index is 12.7. The first kappa shape index (κ1) is 9.64. The van der Waals surface area contributed by atoms with Crippen molar-refractivity contribution >= 4 is 5.97 Å². The monoisotopic (exact) mass is 183 g/mol. The lowest BCUT2D eigenvalue weighted by molar-refractivity contribution is -0.139. The summed E-state index contributed by atoms with van der Waals surface area (Å²) < 4.78 is 17.2. The molecule has 0 aliphatic rings. The summed E-state index contributed by atoms with van der Waals surface area (Å²) in [6.07, 6.45) is 0.0801. The molecule has 1 aromatic rings. The van der Waals surface area contributed by atoms with Crippen LogP contribution in [0, 0.1) is 12.9 Å². The zero-order valence-corrected chi connectivity index (χ0v) is 7.50. The van der Waals surface area contributed by atoms with Gasteiger partial charge in [0.15, 0.2) is 0 Å². The normalized spacial score (nSPS) is 9.77. The fraction of sp³-hybridized carbons (Fsp3) is 0.333. The van der Waals surface area contributed by atoms with Gasteiger partial charge in [-0.1, -0.05) is 0 Å². The SMILES string of the molecule is COC(=O)Cc1cc(C)nc(F)c1. The van der Waals surface area contributed by atoms with E-state index in [2.05, 4.69) is 9.72 Å². The van der Waals surface area contributed by atoms with Crippen LogP contribution >= 0.6 is 0 Å². The Morgan fingerprint density at radius 3 is 2.85 bits per heavy atom. The van der Waals surface area contributed by atoms with Crippen LogP contribution in [-0.2, 0) is 16.0 Å². The van der Waals surface area contributed by atoms with Crippen molar-refractivity contribution in [1.82, 2.24) is 4.98 Å². The first-order valence-corrected chi connectivity index (χ1v) is 3.81. The van der Waals surface area contributed by atoms with E-state index in [0.29, 0.717) is 11.3 Å². The van der Waals surface area contributed by atoms with Crippen LogP contribution in [0.1, 0.15) is 11.3 Å². The highest BCUT2D eigenvalue weighted by Gasteiger charge is 2.05. The van der Waals surface area contributed by atoms with Crippen molar-refractivity contribution in [1.29, 1.82) is 0 Å². The molecular weight excluding hydrogens is 173 g/mol. The molecule has 70 valence electrons. The average molecular weight is 183 g/mol. The molecule has 0 amide bonds. The van der Waals surface area contributed by atoms with Crippen LogP contribution in [0.2, 0.25) is 0 Å². The first-order chi connectivity index (χ1) is 6.11. The fourth-order valence-corrected chi connectivity index (χ4v) is 1.04. The molecule has 0 atom stereocenters. The van der Waals surface area contributed by atoms with Gasteiger partial charge in [0.2, 0.25) is 5.95 Å². The molecule has 1 rings (SSSR count). The average Bonchev–Trinajstić information content (AvgIpc) is 2.02. The number of pyridine rings is 1. The Hall–Kier alpha value is -1.45. The van der Waals surface area contributed by atoms with Gasteiger partial charge in [0.05, 0.1) is 13.5 Å². The van der Waals surface area contributed by atoms with Crippen LogP contribution in [0.3, 0.4) is 0 Å². The summed E-state index contributed by atoms with van der Waals surface area (Å²) in [5.41, 5.74) is 1.13. The van der Waals surface area contributed by atoms with Crippen LogP contribution in [0.25, 0.3) is 0 Å². The molecule has 3 nitrogen and oxygen atoms in total. The van der Waals surface area contributed by atoms with E-state index >= 15 is 0 Å². The minimum absolute atomic E-state index is 0.0801. The van der Waals surface area contributed by atoms with Gasteiger partial charge in [0, 0.05) is 5.69 Å². The number of rotatable bonds is 2. The number of esters is 1. The molecule has 0 aromatic carbocycles. The Kier molecular flexibility index (Phi) is 2.95. The summed E-state index contributed by atoms with van der Waals surface area (Å²) in [7, 11) is 1.30. The molecule has 4 heteroatoms. The van der Waals surface area contributed by atoms with E-state index in [0.717, 1.165) is 0 Å². The van der Waals surface area contributed by atoms with E-state index in [4.69, 9.17) is 0 Å². The number of carbonyl (C=O) groups is 1. The molecule has 1 aromatic heterocycles. The van der Waals surface area contributed by atoms with Crippen molar-refractivity contribution in [3.63, 3.8) is 0 Å². The lowest BCUT2D eigenvalue weighted by Gasteiger charge is -2.00. The van der Waals surface area contributed by atoms with Crippen LogP contribution in [0.4, 0.5) is 4.39 Å². The van der Waals surface area contributed by atoms with Crippen molar-refractivity contribution in [2.45, 2.75) is 13.3 Å². The lowest BCUT2D eigenvalue weighted by atomic mass is 10.2. The van der Waals surface area contributed by atoms with Gasteiger partial charge in [-0.25, -0.2) is 4.98 Å². The van der Waals surface area contributed by atoms with Crippen LogP contribution in [0.5, 0.6) is 0 Å². The third-order valence-electron chi connectivity index (χ3n) is 1.56. The van der Waals surface area contributed by atoms with E-state index in [1.807, 2.05) is 0 Å². The predicted molar refractivity (Wildman–Crippen MR) is 44.7 cm³/mol. The molecule has 13 heavy (non-hydrogen) atoms. The molecule has 0 saturated carbocycles. The molecule has 0 N–H and O–H groups in total. The van der Waals surface area contributed by atoms with Gasteiger partial charge < -0.3 is 4.74 Å². The zero-order valence-electron chi connectivity index (χ0n) is 7.50. The molecule has 0 saturated heterocycles. The highest BCUT2D eigenvalue weighted by atomic mass is 19.1. The van der Waals surface area contributed by atoms with Crippen molar-refractivity contribution in [2.24, 2.45) is 0 Å². The van der Waals surface area contributed by atoms with Crippen LogP contribution in [0.15, 0.2) is 12.1 Å². The number of halogens is 1. The number of aromatic nitrogens is 1. The first-order valence-electron chi connectivity index (χ1n) is 3.81. The van der Waals surface area contributed by atoms with Crippen molar-refractivity contribution in [3.05, 3.63) is 29.3 Å². The molecule has 0 aliphatic carbocycles. The van der Waals surface area contributed by atoms with Crippen molar-refractivity contribution < 1.29 is 13.9 Å². The van der Waals surface area contributed by atoms with E-state index < -0.39 is 5.95 Å². The molecule has 0 unspecified atom stereocenters. The Morgan fingerprint density at radius 2 is 2.31 bits per heavy atom. The van der Waals surface area contributed by atoms with Crippen molar-refractivity contribution in [2.75, 3.05) is 7.11 Å². The highest BCUT2D eigenvalue weighted by Crippen LogP contribution is 2.05. The quantitative estimate of drug-likeness (QED) is 0.511. The number of aryl methyl sites for hydroxylation is 1. The summed E-state index contributed by atoms with van der Waals surface area (Å²) in [4.78, 5) is 14.4. The fourth-order valence-electron chi connectivity index (χ4n) is 1.04. The Balaban J connectivity index is 2.83. The number of hydrogen-bond donors (Lipinski definition) is 0. The maximum Gasteiger partial charge on any atom is 0.309 e. The van der Waals surface area contributed by atoms with E-state index in [9.17, 15) is 9.18 Å². The number of carbonyl (C=O) groups excluding carboxylic acids is 1. The predicted octanol–water partition coefficient (Wildman–Crippen LogP) is 1.24. The van der Waals surface area contributed by atoms with Gasteiger partial charge in [-0.3, -0.25) is 4.79 Å². The molecule has 0 spiro atoms. The van der Waals surface area contributed by atoms with Gasteiger partial charge in [-0.15, -0.1) is 0 Å². The summed E-state index contributed by atoms with van der Waals surface area (Å²) in [6.45, 7) is 1.67. The molecule has 0 aliphatic heterocycles. The Morgan fingerprint density at radius 1 is 1.62 bits per heavy atom. The van der Waals surface area contributed by atoms with Gasteiger partial charge in [-0.05, 0) is 24.6 Å². The molecular formula is C9H10FNO2. The summed E-state index contributed by atoms with van der Waals surface area (Å²) in [5, 5.41) is 0.